The molecule has 0 amide bonds. The molecule has 4 aliphatic rings. The lowest BCUT2D eigenvalue weighted by molar-refractivity contribution is 0.620. The topological polar surface area (TPSA) is 37.1 Å². The molecule has 2 atom stereocenters. The summed E-state index contributed by atoms with van der Waals surface area (Å²) in [5, 5.41) is 0. The monoisotopic (exact) mass is 417 g/mol. The molecule has 2 aliphatic carbocycles. The first-order valence-electron chi connectivity index (χ1n) is 7.75. The van der Waals surface area contributed by atoms with Gasteiger partial charge < -0.3 is 0 Å². The van der Waals surface area contributed by atoms with Gasteiger partial charge in [0.1, 0.15) is 17.9 Å². The quantitative estimate of drug-likeness (QED) is 0.517. The van der Waals surface area contributed by atoms with Gasteiger partial charge in [0.15, 0.2) is 5.54 Å². The van der Waals surface area contributed by atoms with Crippen molar-refractivity contribution in [2.75, 3.05) is 0 Å². The van der Waals surface area contributed by atoms with Crippen molar-refractivity contribution in [1.29, 1.82) is 0 Å². The van der Waals surface area contributed by atoms with Gasteiger partial charge in [0.25, 0.3) is 0 Å². The Labute approximate surface area is 147 Å². The van der Waals surface area contributed by atoms with Crippen LogP contribution in [-0.2, 0) is 0 Å². The van der Waals surface area contributed by atoms with Crippen molar-refractivity contribution in [3.05, 3.63) is 57.1 Å². The molecule has 1 saturated carbocycles. The summed E-state index contributed by atoms with van der Waals surface area (Å²) in [6, 6.07) is 5.08. The summed E-state index contributed by atoms with van der Waals surface area (Å²) in [5.41, 5.74) is 3.00. The summed E-state index contributed by atoms with van der Waals surface area (Å²) in [5.74, 6) is 1.01. The van der Waals surface area contributed by atoms with Gasteiger partial charge in [-0.2, -0.15) is 0 Å². The van der Waals surface area contributed by atoms with Crippen molar-refractivity contribution in [2.45, 2.75) is 18.4 Å². The van der Waals surface area contributed by atoms with Crippen LogP contribution in [0.5, 0.6) is 0 Å². The molecule has 114 valence electrons. The lowest BCUT2D eigenvalue weighted by Gasteiger charge is -2.24. The van der Waals surface area contributed by atoms with Gasteiger partial charge >= 0.3 is 0 Å². The first kappa shape index (κ1) is 13.8. The van der Waals surface area contributed by atoms with Crippen LogP contribution in [0.1, 0.15) is 18.4 Å². The molecule has 0 N–H and O–H groups in total. The minimum Gasteiger partial charge on any atom is -0.250 e. The van der Waals surface area contributed by atoms with Crippen LogP contribution in [0, 0.1) is 21.2 Å². The van der Waals surface area contributed by atoms with E-state index >= 15 is 0 Å². The second-order valence-corrected chi connectivity index (χ2v) is 7.57. The Balaban J connectivity index is 1.63. The fourth-order valence-electron chi connectivity index (χ4n) is 3.50. The molecule has 5 rings (SSSR count). The Morgan fingerprint density at radius 3 is 2.91 bits per heavy atom. The van der Waals surface area contributed by atoms with E-state index in [0.717, 1.165) is 28.6 Å². The van der Waals surface area contributed by atoms with E-state index in [0.29, 0.717) is 9.49 Å². The first-order valence-corrected chi connectivity index (χ1v) is 8.83. The Morgan fingerprint density at radius 1 is 1.26 bits per heavy atom. The molecular weight excluding hydrogens is 404 g/mol. The second kappa shape index (κ2) is 4.69. The van der Waals surface area contributed by atoms with Gasteiger partial charge in [-0.05, 0) is 71.5 Å². The second-order valence-electron chi connectivity index (χ2n) is 6.40. The SMILES string of the molecule is Fc1ccc(C2=NC3=CC(C4CC4)C=CC34N=CN=C24)cc1I. The number of rotatable bonds is 2. The maximum atomic E-state index is 13.6. The van der Waals surface area contributed by atoms with Gasteiger partial charge in [-0.1, -0.05) is 12.2 Å². The zero-order valence-corrected chi connectivity index (χ0v) is 14.4. The molecule has 2 aliphatic heterocycles. The van der Waals surface area contributed by atoms with E-state index in [1.165, 1.54) is 18.9 Å². The zero-order chi connectivity index (χ0) is 15.6. The van der Waals surface area contributed by atoms with Crippen molar-refractivity contribution in [3.63, 3.8) is 0 Å². The standard InChI is InChI=1S/C18H13FIN3/c19-13-4-3-12(7-14(13)20)16-17-18(22-9-21-17)6-5-11(10-1-2-10)8-15(18)23-16/h3-11H,1-2H2. The minimum absolute atomic E-state index is 0.211. The average molecular weight is 417 g/mol. The lowest BCUT2D eigenvalue weighted by Crippen LogP contribution is -2.35. The smallest absolute Gasteiger partial charge is 0.166 e. The third-order valence-electron chi connectivity index (χ3n) is 4.93. The van der Waals surface area contributed by atoms with Crippen LogP contribution in [0.2, 0.25) is 0 Å². The van der Waals surface area contributed by atoms with Crippen molar-refractivity contribution in [2.24, 2.45) is 26.8 Å². The van der Waals surface area contributed by atoms with Gasteiger partial charge in [0.05, 0.1) is 11.4 Å². The molecular formula is C18H13FIN3. The third kappa shape index (κ3) is 1.95. The fourth-order valence-corrected chi connectivity index (χ4v) is 4.02. The Hall–Kier alpha value is -1.63. The molecule has 1 aromatic rings. The van der Waals surface area contributed by atoms with E-state index in [1.54, 1.807) is 12.4 Å². The normalized spacial score (nSPS) is 30.7. The highest BCUT2D eigenvalue weighted by Gasteiger charge is 2.49. The number of benzene rings is 1. The molecule has 1 fully saturated rings. The zero-order valence-electron chi connectivity index (χ0n) is 12.2. The van der Waals surface area contributed by atoms with E-state index in [9.17, 15) is 4.39 Å². The summed E-state index contributed by atoms with van der Waals surface area (Å²) in [6.45, 7) is 0. The van der Waals surface area contributed by atoms with Gasteiger partial charge in [-0.3, -0.25) is 0 Å². The van der Waals surface area contributed by atoms with Crippen molar-refractivity contribution in [3.8, 4) is 0 Å². The molecule has 0 saturated heterocycles. The highest BCUT2D eigenvalue weighted by molar-refractivity contribution is 14.1. The maximum Gasteiger partial charge on any atom is 0.166 e. The van der Waals surface area contributed by atoms with Gasteiger partial charge in [-0.15, -0.1) is 0 Å². The van der Waals surface area contributed by atoms with Gasteiger partial charge in [0, 0.05) is 9.13 Å². The summed E-state index contributed by atoms with van der Waals surface area (Å²) in [7, 11) is 0. The van der Waals surface area contributed by atoms with Gasteiger partial charge in [0.2, 0.25) is 0 Å². The fraction of sp³-hybridized carbons (Fsp3) is 0.278. The van der Waals surface area contributed by atoms with E-state index in [4.69, 9.17) is 4.99 Å². The Kier molecular flexibility index (Phi) is 2.81. The predicted octanol–water partition coefficient (Wildman–Crippen LogP) is 3.93. The van der Waals surface area contributed by atoms with Crippen LogP contribution >= 0.6 is 22.6 Å². The van der Waals surface area contributed by atoms with Crippen molar-refractivity contribution < 1.29 is 4.39 Å². The van der Waals surface area contributed by atoms with Crippen LogP contribution in [0.4, 0.5) is 4.39 Å². The highest BCUT2D eigenvalue weighted by Crippen LogP contribution is 2.46. The van der Waals surface area contributed by atoms with Crippen LogP contribution in [0.15, 0.2) is 57.1 Å². The molecule has 0 aromatic heterocycles. The number of hydrogen-bond acceptors (Lipinski definition) is 3. The van der Waals surface area contributed by atoms with Crippen molar-refractivity contribution in [1.82, 2.24) is 0 Å². The van der Waals surface area contributed by atoms with E-state index in [-0.39, 0.29) is 5.82 Å². The van der Waals surface area contributed by atoms with Crippen LogP contribution in [0.3, 0.4) is 0 Å². The molecule has 0 radical (unpaired) electrons. The Bertz CT molecular complexity index is 876. The largest absolute Gasteiger partial charge is 0.250 e. The average Bonchev–Trinajstić information content (AvgIpc) is 3.23. The van der Waals surface area contributed by atoms with Crippen LogP contribution < -0.4 is 0 Å². The molecule has 0 bridgehead atoms. The molecule has 2 unspecified atom stereocenters. The molecule has 3 nitrogen and oxygen atoms in total. The highest BCUT2D eigenvalue weighted by atomic mass is 127. The predicted molar refractivity (Wildman–Crippen MR) is 97.7 cm³/mol. The van der Waals surface area contributed by atoms with Crippen LogP contribution in [0.25, 0.3) is 0 Å². The maximum absolute atomic E-state index is 13.6. The molecule has 2 heterocycles. The first-order chi connectivity index (χ1) is 11.2. The minimum atomic E-state index is -0.541. The number of aliphatic imine (C=N–C) groups is 3. The van der Waals surface area contributed by atoms with Crippen LogP contribution in [-0.4, -0.2) is 23.3 Å². The molecule has 5 heteroatoms. The van der Waals surface area contributed by atoms with Crippen molar-refractivity contribution >= 4 is 40.4 Å². The third-order valence-corrected chi connectivity index (χ3v) is 5.75. The number of halogens is 2. The summed E-state index contributed by atoms with van der Waals surface area (Å²) < 4.78 is 14.2. The molecule has 1 spiro atoms. The lowest BCUT2D eigenvalue weighted by atomic mass is 9.82. The molecule has 23 heavy (non-hydrogen) atoms. The number of nitrogens with zero attached hydrogens (tertiary/aromatic N) is 3. The summed E-state index contributed by atoms with van der Waals surface area (Å²) in [4.78, 5) is 13.9. The van der Waals surface area contributed by atoms with E-state index in [2.05, 4.69) is 28.2 Å². The van der Waals surface area contributed by atoms with Gasteiger partial charge in [-0.25, -0.2) is 19.4 Å². The number of hydrogen-bond donors (Lipinski definition) is 0. The number of allylic oxidation sites excluding steroid dienone is 2. The molecule has 1 aromatic carbocycles. The summed E-state index contributed by atoms with van der Waals surface area (Å²) >= 11 is 2.01. The summed E-state index contributed by atoms with van der Waals surface area (Å²) in [6.07, 6.45) is 10.9. The Morgan fingerprint density at radius 2 is 2.13 bits per heavy atom. The van der Waals surface area contributed by atoms with E-state index in [1.807, 2.05) is 28.7 Å². The van der Waals surface area contributed by atoms with E-state index < -0.39 is 5.54 Å².